The first-order valence-electron chi connectivity index (χ1n) is 6.46. The van der Waals surface area contributed by atoms with Gasteiger partial charge in [-0.1, -0.05) is 23.7 Å². The lowest BCUT2D eigenvalue weighted by atomic mass is 10.1. The summed E-state index contributed by atoms with van der Waals surface area (Å²) in [5, 5.41) is 6.51. The normalized spacial score (nSPS) is 10.2. The van der Waals surface area contributed by atoms with Crippen molar-refractivity contribution < 1.29 is 4.79 Å². The van der Waals surface area contributed by atoms with Gasteiger partial charge < -0.3 is 10.6 Å². The lowest BCUT2D eigenvalue weighted by Gasteiger charge is -2.09. The predicted molar refractivity (Wildman–Crippen MR) is 89.0 cm³/mol. The average molecular weight is 369 g/mol. The van der Waals surface area contributed by atoms with E-state index in [0.29, 0.717) is 22.9 Å². The van der Waals surface area contributed by atoms with Gasteiger partial charge in [-0.2, -0.15) is 0 Å². The van der Waals surface area contributed by atoms with Gasteiger partial charge in [-0.15, -0.1) is 0 Å². The molecule has 1 amide bonds. The number of carbonyl (C=O) groups is 1. The van der Waals surface area contributed by atoms with Gasteiger partial charge >= 0.3 is 0 Å². The highest BCUT2D eigenvalue weighted by atomic mass is 79.9. The number of pyridine rings is 1. The number of amides is 1. The summed E-state index contributed by atoms with van der Waals surface area (Å²) in [4.78, 5) is 16.3. The van der Waals surface area contributed by atoms with E-state index < -0.39 is 0 Å². The Morgan fingerprint density at radius 2 is 2.05 bits per heavy atom. The molecule has 0 aliphatic rings. The van der Waals surface area contributed by atoms with Gasteiger partial charge in [-0.05, 0) is 46.1 Å². The highest BCUT2D eigenvalue weighted by Crippen LogP contribution is 2.17. The highest BCUT2D eigenvalue weighted by Gasteiger charge is 2.12. The summed E-state index contributed by atoms with van der Waals surface area (Å²) in [6.45, 7) is 0.552. The molecule has 1 aromatic heterocycles. The van der Waals surface area contributed by atoms with Crippen LogP contribution in [0.4, 0.5) is 5.82 Å². The zero-order valence-corrected chi connectivity index (χ0v) is 13.8. The maximum atomic E-state index is 12.2. The molecule has 6 heteroatoms. The van der Waals surface area contributed by atoms with Crippen molar-refractivity contribution in [2.45, 2.75) is 6.42 Å². The summed E-state index contributed by atoms with van der Waals surface area (Å²) >= 11 is 9.16. The van der Waals surface area contributed by atoms with Gasteiger partial charge in [0.15, 0.2) is 0 Å². The Morgan fingerprint density at radius 1 is 1.33 bits per heavy atom. The summed E-state index contributed by atoms with van der Waals surface area (Å²) in [6, 6.07) is 9.34. The molecule has 1 aromatic carbocycles. The molecule has 2 aromatic rings. The third-order valence-electron chi connectivity index (χ3n) is 2.95. The van der Waals surface area contributed by atoms with Crippen LogP contribution in [0.3, 0.4) is 0 Å². The summed E-state index contributed by atoms with van der Waals surface area (Å²) in [6.07, 6.45) is 2.40. The second-order valence-corrected chi connectivity index (χ2v) is 5.78. The number of rotatable bonds is 5. The largest absolute Gasteiger partial charge is 0.372 e. The van der Waals surface area contributed by atoms with Crippen LogP contribution in [0.1, 0.15) is 15.9 Å². The van der Waals surface area contributed by atoms with Crippen molar-refractivity contribution in [1.29, 1.82) is 0 Å². The first-order chi connectivity index (χ1) is 10.1. The van der Waals surface area contributed by atoms with Crippen LogP contribution in [-0.2, 0) is 6.42 Å². The maximum absolute atomic E-state index is 12.2. The molecule has 0 aliphatic heterocycles. The molecule has 2 rings (SSSR count). The van der Waals surface area contributed by atoms with E-state index >= 15 is 0 Å². The molecule has 4 nitrogen and oxygen atoms in total. The van der Waals surface area contributed by atoms with E-state index in [1.165, 1.54) is 0 Å². The first-order valence-corrected chi connectivity index (χ1v) is 7.63. The minimum Gasteiger partial charge on any atom is -0.372 e. The minimum atomic E-state index is -0.151. The number of aromatic nitrogens is 1. The lowest BCUT2D eigenvalue weighted by Crippen LogP contribution is -2.26. The standard InChI is InChI=1S/C15H15BrClN3O/c1-18-14-13(8-11(16)9-20-14)15(21)19-7-6-10-2-4-12(17)5-3-10/h2-5,8-9H,6-7H2,1H3,(H,18,20)(H,19,21). The van der Waals surface area contributed by atoms with Crippen LogP contribution in [0.5, 0.6) is 0 Å². The fourth-order valence-corrected chi connectivity index (χ4v) is 2.34. The van der Waals surface area contributed by atoms with Crippen LogP contribution in [0, 0.1) is 0 Å². The van der Waals surface area contributed by atoms with Crippen LogP contribution < -0.4 is 10.6 Å². The number of halogens is 2. The van der Waals surface area contributed by atoms with Gasteiger partial charge in [-0.25, -0.2) is 4.98 Å². The third-order valence-corrected chi connectivity index (χ3v) is 3.63. The van der Waals surface area contributed by atoms with Gasteiger partial charge in [0.05, 0.1) is 5.56 Å². The molecule has 0 saturated heterocycles. The van der Waals surface area contributed by atoms with Crippen molar-refractivity contribution >= 4 is 39.3 Å². The van der Waals surface area contributed by atoms with E-state index in [1.807, 2.05) is 24.3 Å². The Kier molecular flexibility index (Phi) is 5.59. The highest BCUT2D eigenvalue weighted by molar-refractivity contribution is 9.10. The van der Waals surface area contributed by atoms with E-state index in [1.54, 1.807) is 19.3 Å². The molecule has 0 unspecified atom stereocenters. The number of hydrogen-bond donors (Lipinski definition) is 2. The van der Waals surface area contributed by atoms with Gasteiger partial charge in [0.25, 0.3) is 5.91 Å². The molecule has 0 fully saturated rings. The quantitative estimate of drug-likeness (QED) is 0.849. The Balaban J connectivity index is 1.95. The fraction of sp³-hybridized carbons (Fsp3) is 0.200. The van der Waals surface area contributed by atoms with Crippen molar-refractivity contribution in [3.05, 3.63) is 57.2 Å². The predicted octanol–water partition coefficient (Wildman–Crippen LogP) is 3.51. The van der Waals surface area contributed by atoms with Crippen LogP contribution in [0.2, 0.25) is 5.02 Å². The van der Waals surface area contributed by atoms with Crippen molar-refractivity contribution in [3.63, 3.8) is 0 Å². The summed E-state index contributed by atoms with van der Waals surface area (Å²) < 4.78 is 0.768. The molecular weight excluding hydrogens is 354 g/mol. The Hall–Kier alpha value is -1.59. The zero-order chi connectivity index (χ0) is 15.2. The number of nitrogens with one attached hydrogen (secondary N) is 2. The summed E-state index contributed by atoms with van der Waals surface area (Å²) in [7, 11) is 1.74. The van der Waals surface area contributed by atoms with Crippen LogP contribution in [0.15, 0.2) is 41.0 Å². The molecule has 21 heavy (non-hydrogen) atoms. The molecule has 0 spiro atoms. The number of anilines is 1. The number of carbonyl (C=O) groups excluding carboxylic acids is 1. The molecule has 1 heterocycles. The van der Waals surface area contributed by atoms with E-state index in [2.05, 4.69) is 31.5 Å². The molecule has 0 atom stereocenters. The van der Waals surface area contributed by atoms with Crippen LogP contribution in [0.25, 0.3) is 0 Å². The monoisotopic (exact) mass is 367 g/mol. The second-order valence-electron chi connectivity index (χ2n) is 4.43. The van der Waals surface area contributed by atoms with Crippen molar-refractivity contribution in [3.8, 4) is 0 Å². The Labute approximate surface area is 137 Å². The Morgan fingerprint density at radius 3 is 2.71 bits per heavy atom. The number of hydrogen-bond acceptors (Lipinski definition) is 3. The van der Waals surface area contributed by atoms with Crippen LogP contribution in [-0.4, -0.2) is 24.5 Å². The van der Waals surface area contributed by atoms with Gasteiger partial charge in [0.2, 0.25) is 0 Å². The van der Waals surface area contributed by atoms with Crippen LogP contribution >= 0.6 is 27.5 Å². The average Bonchev–Trinajstić information content (AvgIpc) is 2.49. The number of benzene rings is 1. The van der Waals surface area contributed by atoms with E-state index in [9.17, 15) is 4.79 Å². The van der Waals surface area contributed by atoms with E-state index in [0.717, 1.165) is 16.5 Å². The van der Waals surface area contributed by atoms with Crippen molar-refractivity contribution in [2.75, 3.05) is 18.9 Å². The van der Waals surface area contributed by atoms with Crippen molar-refractivity contribution in [1.82, 2.24) is 10.3 Å². The molecule has 0 radical (unpaired) electrons. The molecule has 2 N–H and O–H groups in total. The maximum Gasteiger partial charge on any atom is 0.255 e. The molecule has 0 saturated carbocycles. The van der Waals surface area contributed by atoms with E-state index in [4.69, 9.17) is 11.6 Å². The van der Waals surface area contributed by atoms with Gasteiger partial charge in [-0.3, -0.25) is 4.79 Å². The molecule has 110 valence electrons. The summed E-state index contributed by atoms with van der Waals surface area (Å²) in [5.74, 6) is 0.407. The zero-order valence-electron chi connectivity index (χ0n) is 11.5. The lowest BCUT2D eigenvalue weighted by molar-refractivity contribution is 0.0954. The SMILES string of the molecule is CNc1ncc(Br)cc1C(=O)NCCc1ccc(Cl)cc1. The third kappa shape index (κ3) is 4.44. The fourth-order valence-electron chi connectivity index (χ4n) is 1.88. The number of nitrogens with zero attached hydrogens (tertiary/aromatic N) is 1. The first kappa shape index (κ1) is 15.8. The second kappa shape index (κ2) is 7.43. The molecule has 0 bridgehead atoms. The minimum absolute atomic E-state index is 0.151. The molecular formula is C15H15BrClN3O. The smallest absolute Gasteiger partial charge is 0.255 e. The summed E-state index contributed by atoms with van der Waals surface area (Å²) in [5.41, 5.74) is 1.64. The van der Waals surface area contributed by atoms with Crippen molar-refractivity contribution in [2.24, 2.45) is 0 Å². The topological polar surface area (TPSA) is 54.0 Å². The van der Waals surface area contributed by atoms with E-state index in [-0.39, 0.29) is 5.91 Å². The Bertz CT molecular complexity index is 631. The van der Waals surface area contributed by atoms with Gasteiger partial charge in [0, 0.05) is 29.3 Å². The van der Waals surface area contributed by atoms with Gasteiger partial charge in [0.1, 0.15) is 5.82 Å². The molecule has 0 aliphatic carbocycles.